The molecular formula is C12H11BO2. The van der Waals surface area contributed by atoms with Gasteiger partial charge in [-0.25, -0.2) is 4.79 Å². The van der Waals surface area contributed by atoms with Gasteiger partial charge in [-0.05, 0) is 16.8 Å². The lowest BCUT2D eigenvalue weighted by Crippen LogP contribution is -2.10. The third kappa shape index (κ3) is 1.61. The number of esters is 1. The Hall–Kier alpha value is -1.77. The highest BCUT2D eigenvalue weighted by Gasteiger charge is 2.10. The van der Waals surface area contributed by atoms with Gasteiger partial charge in [0, 0.05) is 0 Å². The maximum absolute atomic E-state index is 11.6. The summed E-state index contributed by atoms with van der Waals surface area (Å²) in [5, 5.41) is 2.05. The van der Waals surface area contributed by atoms with Crippen LogP contribution in [-0.4, -0.2) is 20.9 Å². The van der Waals surface area contributed by atoms with E-state index < -0.39 is 0 Å². The van der Waals surface area contributed by atoms with Crippen LogP contribution in [0.5, 0.6) is 0 Å². The second-order valence-corrected chi connectivity index (χ2v) is 3.47. The minimum Gasteiger partial charge on any atom is -0.465 e. The monoisotopic (exact) mass is 198 g/mol. The molecular weight excluding hydrogens is 187 g/mol. The molecule has 3 heteroatoms. The molecule has 0 aliphatic heterocycles. The van der Waals surface area contributed by atoms with E-state index in [2.05, 4.69) is 0 Å². The molecule has 0 amide bonds. The minimum atomic E-state index is -0.282. The molecule has 0 atom stereocenters. The standard InChI is InChI=1S/C12H11BO2/c1-15-12(14)9-6-2-4-8-5-3-7-10(13)11(8)9/h2-7H,13H2,1H3. The van der Waals surface area contributed by atoms with Crippen LogP contribution in [0.2, 0.25) is 0 Å². The van der Waals surface area contributed by atoms with Crippen molar-refractivity contribution in [3.05, 3.63) is 42.0 Å². The Balaban J connectivity index is 2.80. The van der Waals surface area contributed by atoms with Crippen LogP contribution in [0.3, 0.4) is 0 Å². The highest BCUT2D eigenvalue weighted by Crippen LogP contribution is 2.16. The molecule has 2 nitrogen and oxygen atoms in total. The fraction of sp³-hybridized carbons (Fsp3) is 0.0833. The second kappa shape index (κ2) is 3.77. The van der Waals surface area contributed by atoms with Gasteiger partial charge < -0.3 is 4.74 Å². The van der Waals surface area contributed by atoms with E-state index in [1.165, 1.54) is 7.11 Å². The summed E-state index contributed by atoms with van der Waals surface area (Å²) < 4.78 is 4.76. The number of benzene rings is 2. The number of carbonyl (C=O) groups excluding carboxylic acids is 1. The number of rotatable bonds is 1. The topological polar surface area (TPSA) is 26.3 Å². The number of carbonyl (C=O) groups is 1. The summed E-state index contributed by atoms with van der Waals surface area (Å²) in [5.74, 6) is -0.282. The zero-order chi connectivity index (χ0) is 10.8. The van der Waals surface area contributed by atoms with Crippen LogP contribution in [-0.2, 0) is 4.74 Å². The van der Waals surface area contributed by atoms with Gasteiger partial charge in [-0.1, -0.05) is 35.8 Å². The summed E-state index contributed by atoms with van der Waals surface area (Å²) in [6.07, 6.45) is 0. The van der Waals surface area contributed by atoms with Crippen molar-refractivity contribution in [1.82, 2.24) is 0 Å². The van der Waals surface area contributed by atoms with Gasteiger partial charge >= 0.3 is 5.97 Å². The molecule has 0 fully saturated rings. The molecule has 0 radical (unpaired) electrons. The molecule has 2 rings (SSSR count). The second-order valence-electron chi connectivity index (χ2n) is 3.47. The molecule has 0 spiro atoms. The number of ether oxygens (including phenoxy) is 1. The molecule has 2 aromatic rings. The third-order valence-corrected chi connectivity index (χ3v) is 2.52. The molecule has 0 bridgehead atoms. The van der Waals surface area contributed by atoms with Gasteiger partial charge in [-0.2, -0.15) is 0 Å². The lowest BCUT2D eigenvalue weighted by molar-refractivity contribution is 0.0603. The maximum atomic E-state index is 11.6. The summed E-state index contributed by atoms with van der Waals surface area (Å²) in [4.78, 5) is 11.6. The van der Waals surface area contributed by atoms with Crippen LogP contribution < -0.4 is 5.46 Å². The van der Waals surface area contributed by atoms with Gasteiger partial charge in [-0.15, -0.1) is 0 Å². The highest BCUT2D eigenvalue weighted by molar-refractivity contribution is 6.40. The highest BCUT2D eigenvalue weighted by atomic mass is 16.5. The van der Waals surface area contributed by atoms with Crippen LogP contribution >= 0.6 is 0 Å². The SMILES string of the molecule is Bc1cccc2cccc(C(=O)OC)c12. The van der Waals surface area contributed by atoms with Crippen LogP contribution in [0, 0.1) is 0 Å². The van der Waals surface area contributed by atoms with Crippen molar-refractivity contribution in [1.29, 1.82) is 0 Å². The average Bonchev–Trinajstić information content (AvgIpc) is 2.28. The molecule has 74 valence electrons. The van der Waals surface area contributed by atoms with Crippen molar-refractivity contribution in [3.63, 3.8) is 0 Å². The van der Waals surface area contributed by atoms with E-state index in [1.807, 2.05) is 38.2 Å². The number of hydrogen-bond acceptors (Lipinski definition) is 2. The van der Waals surface area contributed by atoms with Crippen LogP contribution in [0.25, 0.3) is 10.8 Å². The summed E-state index contributed by atoms with van der Waals surface area (Å²) >= 11 is 0. The summed E-state index contributed by atoms with van der Waals surface area (Å²) in [6.45, 7) is 0. The Morgan fingerprint density at radius 2 is 1.87 bits per heavy atom. The molecule has 0 saturated carbocycles. The fourth-order valence-corrected chi connectivity index (χ4v) is 1.81. The summed E-state index contributed by atoms with van der Waals surface area (Å²) in [7, 11) is 3.40. The normalized spacial score (nSPS) is 10.2. The van der Waals surface area contributed by atoms with Crippen LogP contribution in [0.1, 0.15) is 10.4 Å². The van der Waals surface area contributed by atoms with Crippen molar-refractivity contribution in [2.45, 2.75) is 0 Å². The summed E-state index contributed by atoms with van der Waals surface area (Å²) in [5.41, 5.74) is 1.72. The van der Waals surface area contributed by atoms with E-state index in [0.29, 0.717) is 5.56 Å². The first-order valence-electron chi connectivity index (χ1n) is 4.80. The van der Waals surface area contributed by atoms with E-state index in [9.17, 15) is 4.79 Å². The Kier molecular flexibility index (Phi) is 2.46. The molecule has 0 N–H and O–H groups in total. The molecule has 0 saturated heterocycles. The van der Waals surface area contributed by atoms with Crippen LogP contribution in [0.15, 0.2) is 36.4 Å². The van der Waals surface area contributed by atoms with E-state index in [-0.39, 0.29) is 5.97 Å². The van der Waals surface area contributed by atoms with Gasteiger partial charge in [0.1, 0.15) is 7.85 Å². The predicted molar refractivity (Wildman–Crippen MR) is 63.5 cm³/mol. The van der Waals surface area contributed by atoms with Gasteiger partial charge in [-0.3, -0.25) is 0 Å². The van der Waals surface area contributed by atoms with Crippen LogP contribution in [0.4, 0.5) is 0 Å². The Labute approximate surface area is 89.3 Å². The van der Waals surface area contributed by atoms with E-state index in [1.54, 1.807) is 6.07 Å². The zero-order valence-corrected chi connectivity index (χ0v) is 8.78. The van der Waals surface area contributed by atoms with E-state index in [0.717, 1.165) is 16.2 Å². The Bertz CT molecular complexity index is 515. The average molecular weight is 198 g/mol. The molecule has 0 aliphatic carbocycles. The quantitative estimate of drug-likeness (QED) is 0.502. The molecule has 0 aliphatic rings. The maximum Gasteiger partial charge on any atom is 0.338 e. The van der Waals surface area contributed by atoms with Crippen molar-refractivity contribution >= 4 is 30.1 Å². The first kappa shape index (κ1) is 9.78. The minimum absolute atomic E-state index is 0.282. The van der Waals surface area contributed by atoms with Gasteiger partial charge in [0.25, 0.3) is 0 Å². The number of hydrogen-bond donors (Lipinski definition) is 0. The van der Waals surface area contributed by atoms with E-state index in [4.69, 9.17) is 4.74 Å². The molecule has 0 heterocycles. The predicted octanol–water partition coefficient (Wildman–Crippen LogP) is 0.885. The zero-order valence-electron chi connectivity index (χ0n) is 8.78. The third-order valence-electron chi connectivity index (χ3n) is 2.52. The fourth-order valence-electron chi connectivity index (χ4n) is 1.81. The van der Waals surface area contributed by atoms with E-state index >= 15 is 0 Å². The molecule has 2 aromatic carbocycles. The number of methoxy groups -OCH3 is 1. The summed E-state index contributed by atoms with van der Waals surface area (Å²) in [6, 6.07) is 11.6. The van der Waals surface area contributed by atoms with Crippen molar-refractivity contribution in [2.75, 3.05) is 7.11 Å². The smallest absolute Gasteiger partial charge is 0.338 e. The Morgan fingerprint density at radius 3 is 2.53 bits per heavy atom. The molecule has 0 unspecified atom stereocenters. The van der Waals surface area contributed by atoms with Crippen molar-refractivity contribution in [2.24, 2.45) is 0 Å². The van der Waals surface area contributed by atoms with Gasteiger partial charge in [0.2, 0.25) is 0 Å². The van der Waals surface area contributed by atoms with Crippen molar-refractivity contribution in [3.8, 4) is 0 Å². The Morgan fingerprint density at radius 1 is 1.20 bits per heavy atom. The van der Waals surface area contributed by atoms with Crippen molar-refractivity contribution < 1.29 is 9.53 Å². The lowest BCUT2D eigenvalue weighted by Gasteiger charge is -2.07. The van der Waals surface area contributed by atoms with Gasteiger partial charge in [0.05, 0.1) is 12.7 Å². The molecule has 15 heavy (non-hydrogen) atoms. The molecule has 0 aromatic heterocycles. The number of fused-ring (bicyclic) bond motifs is 1. The lowest BCUT2D eigenvalue weighted by atomic mass is 9.88. The first-order valence-corrected chi connectivity index (χ1v) is 4.80. The van der Waals surface area contributed by atoms with Gasteiger partial charge in [0.15, 0.2) is 0 Å². The largest absolute Gasteiger partial charge is 0.465 e. The first-order chi connectivity index (χ1) is 7.24.